The number of amides is 1. The van der Waals surface area contributed by atoms with Crippen molar-refractivity contribution in [1.82, 2.24) is 5.32 Å². The van der Waals surface area contributed by atoms with Gasteiger partial charge in [-0.15, -0.1) is 0 Å². The van der Waals surface area contributed by atoms with Gasteiger partial charge < -0.3 is 14.8 Å². The van der Waals surface area contributed by atoms with Gasteiger partial charge in [0.2, 0.25) is 5.91 Å². The molecule has 8 heteroatoms. The molecule has 3 aromatic carbocycles. The molecule has 1 amide bonds. The number of rotatable bonds is 11. The summed E-state index contributed by atoms with van der Waals surface area (Å²) in [7, 11) is -2.54. The predicted octanol–water partition coefficient (Wildman–Crippen LogP) is 3.53. The van der Waals surface area contributed by atoms with Crippen LogP contribution in [0.25, 0.3) is 0 Å². The summed E-state index contributed by atoms with van der Waals surface area (Å²) in [5.41, 5.74) is 2.18. The van der Waals surface area contributed by atoms with Crippen LogP contribution in [0.3, 0.4) is 0 Å². The summed E-state index contributed by atoms with van der Waals surface area (Å²) in [6.45, 7) is 2.46. The monoisotopic (exact) mass is 468 g/mol. The zero-order chi connectivity index (χ0) is 23.7. The van der Waals surface area contributed by atoms with Crippen LogP contribution >= 0.6 is 0 Å². The van der Waals surface area contributed by atoms with Gasteiger partial charge in [-0.25, -0.2) is 8.42 Å². The summed E-state index contributed by atoms with van der Waals surface area (Å²) in [4.78, 5) is 12.8. The van der Waals surface area contributed by atoms with Gasteiger partial charge in [-0.3, -0.25) is 9.10 Å². The van der Waals surface area contributed by atoms with E-state index in [1.807, 2.05) is 43.3 Å². The van der Waals surface area contributed by atoms with Gasteiger partial charge in [0, 0.05) is 6.54 Å². The molecule has 174 valence electrons. The summed E-state index contributed by atoms with van der Waals surface area (Å²) in [6.07, 6.45) is 0. The number of carbonyl (C=O) groups excluding carboxylic acids is 1. The van der Waals surface area contributed by atoms with Gasteiger partial charge in [0.1, 0.15) is 12.3 Å². The summed E-state index contributed by atoms with van der Waals surface area (Å²) in [5, 5.41) is 2.73. The van der Waals surface area contributed by atoms with E-state index in [1.54, 1.807) is 30.3 Å². The third-order valence-electron chi connectivity index (χ3n) is 4.90. The van der Waals surface area contributed by atoms with Gasteiger partial charge in [0.25, 0.3) is 10.0 Å². The Balaban J connectivity index is 1.72. The fourth-order valence-corrected chi connectivity index (χ4v) is 4.67. The molecule has 33 heavy (non-hydrogen) atoms. The van der Waals surface area contributed by atoms with Crippen molar-refractivity contribution in [2.75, 3.05) is 31.1 Å². The molecule has 1 N–H and O–H groups in total. The number of hydrogen-bond acceptors (Lipinski definition) is 5. The first kappa shape index (κ1) is 24.3. The summed E-state index contributed by atoms with van der Waals surface area (Å²) in [6, 6.07) is 22.9. The molecule has 0 spiro atoms. The van der Waals surface area contributed by atoms with Crippen LogP contribution in [-0.4, -0.2) is 41.1 Å². The number of benzene rings is 3. The smallest absolute Gasteiger partial charge is 0.264 e. The average Bonchev–Trinajstić information content (AvgIpc) is 2.83. The number of methoxy groups -OCH3 is 1. The number of nitrogens with one attached hydrogen (secondary N) is 1. The maximum absolute atomic E-state index is 13.4. The fraction of sp³-hybridized carbons (Fsp3) is 0.240. The molecule has 0 unspecified atom stereocenters. The van der Waals surface area contributed by atoms with Gasteiger partial charge in [-0.05, 0) is 42.3 Å². The normalized spacial score (nSPS) is 11.1. The average molecular weight is 469 g/mol. The van der Waals surface area contributed by atoms with E-state index in [0.717, 1.165) is 15.4 Å². The predicted molar refractivity (Wildman–Crippen MR) is 128 cm³/mol. The second kappa shape index (κ2) is 11.5. The first-order chi connectivity index (χ1) is 15.9. The zero-order valence-electron chi connectivity index (χ0n) is 18.7. The molecule has 0 heterocycles. The van der Waals surface area contributed by atoms with E-state index in [2.05, 4.69) is 5.32 Å². The maximum atomic E-state index is 13.4. The van der Waals surface area contributed by atoms with E-state index in [-0.39, 0.29) is 11.4 Å². The Kier molecular flexibility index (Phi) is 8.46. The van der Waals surface area contributed by atoms with Crippen LogP contribution in [0, 0.1) is 6.92 Å². The molecule has 0 radical (unpaired) electrons. The van der Waals surface area contributed by atoms with Gasteiger partial charge in [0.05, 0.1) is 30.9 Å². The lowest BCUT2D eigenvalue weighted by Gasteiger charge is -2.26. The van der Waals surface area contributed by atoms with Crippen molar-refractivity contribution in [3.63, 3.8) is 0 Å². The molecular weight excluding hydrogens is 440 g/mol. The number of anilines is 1. The Morgan fingerprint density at radius 2 is 1.64 bits per heavy atom. The summed E-state index contributed by atoms with van der Waals surface area (Å²) < 4.78 is 38.9. The van der Waals surface area contributed by atoms with Crippen molar-refractivity contribution in [2.24, 2.45) is 0 Å². The Hall–Kier alpha value is -3.36. The minimum Gasteiger partial charge on any atom is -0.495 e. The SMILES string of the molecule is COc1ccc(C)cc1N(CC(=O)NCCOCc1ccccc1)S(=O)(=O)c1ccccc1. The van der Waals surface area contributed by atoms with Crippen LogP contribution in [-0.2, 0) is 26.2 Å². The summed E-state index contributed by atoms with van der Waals surface area (Å²) in [5.74, 6) is -0.0829. The van der Waals surface area contributed by atoms with Gasteiger partial charge >= 0.3 is 0 Å². The van der Waals surface area contributed by atoms with Crippen molar-refractivity contribution >= 4 is 21.6 Å². The molecule has 0 aliphatic carbocycles. The lowest BCUT2D eigenvalue weighted by Crippen LogP contribution is -2.42. The molecule has 0 atom stereocenters. The molecule has 0 saturated heterocycles. The van der Waals surface area contributed by atoms with Crippen LogP contribution in [0.1, 0.15) is 11.1 Å². The maximum Gasteiger partial charge on any atom is 0.264 e. The van der Waals surface area contributed by atoms with E-state index in [9.17, 15) is 13.2 Å². The molecule has 3 aromatic rings. The van der Waals surface area contributed by atoms with Crippen molar-refractivity contribution in [2.45, 2.75) is 18.4 Å². The second-order valence-electron chi connectivity index (χ2n) is 7.39. The van der Waals surface area contributed by atoms with Gasteiger partial charge in [-0.2, -0.15) is 0 Å². The quantitative estimate of drug-likeness (QED) is 0.435. The minimum atomic E-state index is -4.01. The lowest BCUT2D eigenvalue weighted by molar-refractivity contribution is -0.119. The number of carbonyl (C=O) groups is 1. The topological polar surface area (TPSA) is 84.9 Å². The van der Waals surface area contributed by atoms with Crippen molar-refractivity contribution in [3.8, 4) is 5.75 Å². The number of ether oxygens (including phenoxy) is 2. The van der Waals surface area contributed by atoms with E-state index in [1.165, 1.54) is 19.2 Å². The zero-order valence-corrected chi connectivity index (χ0v) is 19.5. The van der Waals surface area contributed by atoms with Crippen LogP contribution in [0.15, 0.2) is 83.8 Å². The van der Waals surface area contributed by atoms with E-state index in [0.29, 0.717) is 24.7 Å². The van der Waals surface area contributed by atoms with E-state index < -0.39 is 22.5 Å². The highest BCUT2D eigenvalue weighted by Crippen LogP contribution is 2.33. The number of hydrogen-bond donors (Lipinski definition) is 1. The standard InChI is InChI=1S/C25H28N2O5S/c1-20-13-14-24(31-2)23(17-20)27(33(29,30)22-11-7-4-8-12-22)18-25(28)26-15-16-32-19-21-9-5-3-6-10-21/h3-14,17H,15-16,18-19H2,1-2H3,(H,26,28). The molecule has 0 aliphatic heterocycles. The van der Waals surface area contributed by atoms with E-state index >= 15 is 0 Å². The first-order valence-electron chi connectivity index (χ1n) is 10.5. The summed E-state index contributed by atoms with van der Waals surface area (Å²) >= 11 is 0. The fourth-order valence-electron chi connectivity index (χ4n) is 3.23. The van der Waals surface area contributed by atoms with E-state index in [4.69, 9.17) is 9.47 Å². The Bertz CT molecular complexity index is 1150. The van der Waals surface area contributed by atoms with Crippen LogP contribution in [0.5, 0.6) is 5.75 Å². The van der Waals surface area contributed by atoms with Crippen LogP contribution in [0.2, 0.25) is 0 Å². The van der Waals surface area contributed by atoms with Crippen molar-refractivity contribution in [3.05, 3.63) is 90.0 Å². The Morgan fingerprint density at radius 1 is 0.970 bits per heavy atom. The molecule has 0 bridgehead atoms. The minimum absolute atomic E-state index is 0.0903. The van der Waals surface area contributed by atoms with Crippen LogP contribution in [0.4, 0.5) is 5.69 Å². The number of aryl methyl sites for hydroxylation is 1. The first-order valence-corrected chi connectivity index (χ1v) is 12.0. The largest absolute Gasteiger partial charge is 0.495 e. The number of nitrogens with zero attached hydrogens (tertiary/aromatic N) is 1. The highest BCUT2D eigenvalue weighted by atomic mass is 32.2. The Labute approximate surface area is 195 Å². The molecular formula is C25H28N2O5S. The van der Waals surface area contributed by atoms with Crippen molar-refractivity contribution in [1.29, 1.82) is 0 Å². The highest BCUT2D eigenvalue weighted by Gasteiger charge is 2.29. The van der Waals surface area contributed by atoms with Crippen molar-refractivity contribution < 1.29 is 22.7 Å². The molecule has 7 nitrogen and oxygen atoms in total. The van der Waals surface area contributed by atoms with Gasteiger partial charge in [0.15, 0.2) is 0 Å². The van der Waals surface area contributed by atoms with Gasteiger partial charge in [-0.1, -0.05) is 54.6 Å². The molecule has 0 aromatic heterocycles. The molecule has 0 fully saturated rings. The molecule has 0 saturated carbocycles. The number of sulfonamides is 1. The molecule has 3 rings (SSSR count). The third kappa shape index (κ3) is 6.57. The van der Waals surface area contributed by atoms with Crippen LogP contribution < -0.4 is 14.4 Å². The lowest BCUT2D eigenvalue weighted by atomic mass is 10.2. The third-order valence-corrected chi connectivity index (χ3v) is 6.68. The highest BCUT2D eigenvalue weighted by molar-refractivity contribution is 7.92. The second-order valence-corrected chi connectivity index (χ2v) is 9.25. The Morgan fingerprint density at radius 3 is 2.30 bits per heavy atom. The molecule has 0 aliphatic rings.